The highest BCUT2D eigenvalue weighted by atomic mass is 15.5. The molecule has 0 amide bonds. The molecule has 1 aliphatic rings. The lowest BCUT2D eigenvalue weighted by Gasteiger charge is -2.30. The summed E-state index contributed by atoms with van der Waals surface area (Å²) in [5.74, 6) is 0. The van der Waals surface area contributed by atoms with E-state index in [2.05, 4.69) is 15.5 Å². The largest absolute Gasteiger partial charge is 0.315 e. The fourth-order valence-electron chi connectivity index (χ4n) is 2.12. The van der Waals surface area contributed by atoms with Crippen molar-refractivity contribution in [3.8, 4) is 0 Å². The molecular formula is C9H16N4. The van der Waals surface area contributed by atoms with Crippen molar-refractivity contribution in [2.75, 3.05) is 7.05 Å². The summed E-state index contributed by atoms with van der Waals surface area (Å²) in [5.41, 5.74) is 0. The van der Waals surface area contributed by atoms with Crippen LogP contribution in [0.1, 0.15) is 31.7 Å². The highest BCUT2D eigenvalue weighted by Gasteiger charge is 2.25. The molecule has 13 heavy (non-hydrogen) atoms. The van der Waals surface area contributed by atoms with Gasteiger partial charge in [0.2, 0.25) is 0 Å². The van der Waals surface area contributed by atoms with E-state index in [0.29, 0.717) is 12.1 Å². The number of rotatable bonds is 2. The molecule has 1 heterocycles. The van der Waals surface area contributed by atoms with Gasteiger partial charge < -0.3 is 5.32 Å². The van der Waals surface area contributed by atoms with Crippen molar-refractivity contribution >= 4 is 0 Å². The van der Waals surface area contributed by atoms with Crippen molar-refractivity contribution in [1.82, 2.24) is 20.3 Å². The monoisotopic (exact) mass is 180 g/mol. The maximum atomic E-state index is 4.20. The van der Waals surface area contributed by atoms with Gasteiger partial charge >= 0.3 is 0 Å². The normalized spacial score (nSPS) is 29.0. The average Bonchev–Trinajstić information content (AvgIpc) is 2.70. The molecule has 2 atom stereocenters. The molecule has 2 unspecified atom stereocenters. The molecule has 72 valence electrons. The van der Waals surface area contributed by atoms with E-state index >= 15 is 0 Å². The van der Waals surface area contributed by atoms with Gasteiger partial charge in [-0.25, -0.2) is 0 Å². The zero-order chi connectivity index (χ0) is 9.10. The molecule has 2 rings (SSSR count). The van der Waals surface area contributed by atoms with Crippen LogP contribution in [0.4, 0.5) is 0 Å². The highest BCUT2D eigenvalue weighted by Crippen LogP contribution is 2.26. The molecule has 4 nitrogen and oxygen atoms in total. The van der Waals surface area contributed by atoms with Crippen LogP contribution in [0.25, 0.3) is 0 Å². The van der Waals surface area contributed by atoms with Gasteiger partial charge in [-0.05, 0) is 19.9 Å². The van der Waals surface area contributed by atoms with Crippen LogP contribution >= 0.6 is 0 Å². The van der Waals surface area contributed by atoms with Crippen LogP contribution in [0.3, 0.4) is 0 Å². The van der Waals surface area contributed by atoms with Crippen LogP contribution in [0.2, 0.25) is 0 Å². The van der Waals surface area contributed by atoms with Crippen molar-refractivity contribution in [2.24, 2.45) is 0 Å². The minimum atomic E-state index is 0.453. The van der Waals surface area contributed by atoms with Crippen LogP contribution < -0.4 is 5.32 Å². The number of hydrogen-bond donors (Lipinski definition) is 1. The first kappa shape index (κ1) is 8.69. The van der Waals surface area contributed by atoms with E-state index in [0.717, 1.165) is 0 Å². The zero-order valence-electron chi connectivity index (χ0n) is 7.98. The van der Waals surface area contributed by atoms with Gasteiger partial charge in [-0.3, -0.25) is 0 Å². The highest BCUT2D eigenvalue weighted by molar-refractivity contribution is 4.82. The molecule has 0 aromatic carbocycles. The summed E-state index contributed by atoms with van der Waals surface area (Å²) in [6.07, 6.45) is 8.55. The summed E-state index contributed by atoms with van der Waals surface area (Å²) in [4.78, 5) is 1.85. The van der Waals surface area contributed by atoms with E-state index in [1.54, 1.807) is 12.4 Å². The lowest BCUT2D eigenvalue weighted by Crippen LogP contribution is -2.38. The fraction of sp³-hybridized carbons (Fsp3) is 0.778. The Hall–Kier alpha value is -0.900. The molecule has 1 N–H and O–H groups in total. The topological polar surface area (TPSA) is 42.7 Å². The van der Waals surface area contributed by atoms with Crippen LogP contribution in [-0.4, -0.2) is 28.1 Å². The van der Waals surface area contributed by atoms with Crippen molar-refractivity contribution < 1.29 is 0 Å². The Morgan fingerprint density at radius 3 is 2.62 bits per heavy atom. The Morgan fingerprint density at radius 2 is 1.92 bits per heavy atom. The lowest BCUT2D eigenvalue weighted by atomic mass is 9.91. The zero-order valence-corrected chi connectivity index (χ0v) is 7.98. The summed E-state index contributed by atoms with van der Waals surface area (Å²) >= 11 is 0. The number of nitrogens with zero attached hydrogens (tertiary/aromatic N) is 3. The van der Waals surface area contributed by atoms with Gasteiger partial charge in [0, 0.05) is 6.04 Å². The Bertz CT molecular complexity index is 244. The predicted octanol–water partition coefficient (Wildman–Crippen LogP) is 0.981. The molecule has 0 aliphatic heterocycles. The minimum absolute atomic E-state index is 0.453. The first-order valence-electron chi connectivity index (χ1n) is 4.95. The second-order valence-corrected chi connectivity index (χ2v) is 3.60. The van der Waals surface area contributed by atoms with Crippen molar-refractivity contribution in [2.45, 2.75) is 37.8 Å². The maximum Gasteiger partial charge on any atom is 0.0868 e. The summed E-state index contributed by atoms with van der Waals surface area (Å²) in [7, 11) is 2.02. The third kappa shape index (κ3) is 1.72. The molecule has 1 aromatic heterocycles. The first-order valence-corrected chi connectivity index (χ1v) is 4.95. The molecule has 1 saturated carbocycles. The second kappa shape index (κ2) is 3.87. The summed E-state index contributed by atoms with van der Waals surface area (Å²) in [6.45, 7) is 0. The second-order valence-electron chi connectivity index (χ2n) is 3.60. The van der Waals surface area contributed by atoms with Gasteiger partial charge in [0.25, 0.3) is 0 Å². The summed E-state index contributed by atoms with van der Waals surface area (Å²) in [6, 6.07) is 0.995. The smallest absolute Gasteiger partial charge is 0.0868 e. The molecule has 1 aliphatic carbocycles. The van der Waals surface area contributed by atoms with Crippen LogP contribution in [0.15, 0.2) is 12.4 Å². The van der Waals surface area contributed by atoms with Crippen molar-refractivity contribution in [3.63, 3.8) is 0 Å². The van der Waals surface area contributed by atoms with Crippen molar-refractivity contribution in [3.05, 3.63) is 12.4 Å². The summed E-state index contributed by atoms with van der Waals surface area (Å²) < 4.78 is 0. The Morgan fingerprint density at radius 1 is 1.23 bits per heavy atom. The van der Waals surface area contributed by atoms with Crippen molar-refractivity contribution in [1.29, 1.82) is 0 Å². The predicted molar refractivity (Wildman–Crippen MR) is 50.4 cm³/mol. The van der Waals surface area contributed by atoms with Crippen LogP contribution in [0, 0.1) is 0 Å². The standard InChI is InChI=1S/C9H16N4/c1-10-8-4-2-3-5-9(8)13-11-6-7-12-13/h6-10H,2-5H2,1H3. The van der Waals surface area contributed by atoms with E-state index in [9.17, 15) is 0 Å². The molecule has 1 aromatic rings. The molecule has 0 bridgehead atoms. The first-order chi connectivity index (χ1) is 6.42. The SMILES string of the molecule is CNC1CCCCC1n1nccn1. The molecule has 0 saturated heterocycles. The molecule has 0 spiro atoms. The molecule has 0 radical (unpaired) electrons. The molecule has 4 heteroatoms. The quantitative estimate of drug-likeness (QED) is 0.737. The molecule has 1 fully saturated rings. The van der Waals surface area contributed by atoms with E-state index in [1.807, 2.05) is 11.8 Å². The Labute approximate surface area is 78.3 Å². The van der Waals surface area contributed by atoms with Gasteiger partial charge in [-0.2, -0.15) is 15.0 Å². The summed E-state index contributed by atoms with van der Waals surface area (Å²) in [5, 5.41) is 11.7. The van der Waals surface area contributed by atoms with E-state index in [4.69, 9.17) is 0 Å². The molecular weight excluding hydrogens is 164 g/mol. The maximum absolute atomic E-state index is 4.20. The minimum Gasteiger partial charge on any atom is -0.315 e. The number of nitrogens with one attached hydrogen (secondary N) is 1. The Kier molecular flexibility index (Phi) is 2.59. The third-order valence-corrected chi connectivity index (χ3v) is 2.83. The van der Waals surface area contributed by atoms with E-state index in [1.165, 1.54) is 25.7 Å². The van der Waals surface area contributed by atoms with Gasteiger partial charge in [-0.1, -0.05) is 12.8 Å². The van der Waals surface area contributed by atoms with Crippen LogP contribution in [-0.2, 0) is 0 Å². The number of likely N-dealkylation sites (N-methyl/N-ethyl adjacent to an activating group) is 1. The number of hydrogen-bond acceptors (Lipinski definition) is 3. The van der Waals surface area contributed by atoms with E-state index in [-0.39, 0.29) is 0 Å². The van der Waals surface area contributed by atoms with E-state index < -0.39 is 0 Å². The number of aromatic nitrogens is 3. The fourth-order valence-corrected chi connectivity index (χ4v) is 2.12. The van der Waals surface area contributed by atoms with Crippen LogP contribution in [0.5, 0.6) is 0 Å². The lowest BCUT2D eigenvalue weighted by molar-refractivity contribution is 0.237. The van der Waals surface area contributed by atoms with Gasteiger partial charge in [-0.15, -0.1) is 0 Å². The average molecular weight is 180 g/mol. The van der Waals surface area contributed by atoms with Gasteiger partial charge in [0.1, 0.15) is 0 Å². The van der Waals surface area contributed by atoms with Gasteiger partial charge in [0.15, 0.2) is 0 Å². The third-order valence-electron chi connectivity index (χ3n) is 2.83. The van der Waals surface area contributed by atoms with Gasteiger partial charge in [0.05, 0.1) is 18.4 Å². The Balaban J connectivity index is 2.11.